The number of aromatic amines is 1. The van der Waals surface area contributed by atoms with Crippen LogP contribution in [0.25, 0.3) is 11.0 Å². The fourth-order valence-corrected chi connectivity index (χ4v) is 1.98. The maximum absolute atomic E-state index is 9.64. The average Bonchev–Trinajstić information content (AvgIpc) is 2.93. The Kier molecular flexibility index (Phi) is 3.84. The van der Waals surface area contributed by atoms with Crippen molar-refractivity contribution >= 4 is 22.8 Å². The maximum Gasteiger partial charge on any atom is 0.226 e. The van der Waals surface area contributed by atoms with E-state index in [-0.39, 0.29) is 12.1 Å². The van der Waals surface area contributed by atoms with Crippen LogP contribution in [0.15, 0.2) is 6.20 Å². The third-order valence-electron chi connectivity index (χ3n) is 3.57. The summed E-state index contributed by atoms with van der Waals surface area (Å²) in [5.74, 6) is 1.19. The van der Waals surface area contributed by atoms with E-state index in [1.54, 1.807) is 13.2 Å². The van der Waals surface area contributed by atoms with Gasteiger partial charge in [0.15, 0.2) is 5.65 Å². The third kappa shape index (κ3) is 2.46. The summed E-state index contributed by atoms with van der Waals surface area (Å²) in [4.78, 5) is 8.69. The first kappa shape index (κ1) is 13.5. The van der Waals surface area contributed by atoms with E-state index in [4.69, 9.17) is 0 Å². The lowest BCUT2D eigenvalue weighted by Gasteiger charge is -2.31. The smallest absolute Gasteiger partial charge is 0.226 e. The SMILES string of the molecule is CCC(CC)(CO)Nc1nc(NC)nc2[nH]ncc12. The average molecular weight is 264 g/mol. The minimum absolute atomic E-state index is 0.0538. The number of fused-ring (bicyclic) bond motifs is 1. The van der Waals surface area contributed by atoms with Crippen LogP contribution in [0.3, 0.4) is 0 Å². The summed E-state index contributed by atoms with van der Waals surface area (Å²) in [5, 5.41) is 23.5. The molecule has 0 aliphatic carbocycles. The Hall–Kier alpha value is -1.89. The molecular formula is C12H20N6O. The van der Waals surface area contributed by atoms with Crippen molar-refractivity contribution in [3.8, 4) is 0 Å². The van der Waals surface area contributed by atoms with Crippen LogP contribution in [-0.4, -0.2) is 44.5 Å². The largest absolute Gasteiger partial charge is 0.394 e. The number of rotatable bonds is 6. The molecule has 104 valence electrons. The van der Waals surface area contributed by atoms with Crippen LogP contribution in [-0.2, 0) is 0 Å². The Morgan fingerprint density at radius 2 is 2.05 bits per heavy atom. The molecule has 0 atom stereocenters. The van der Waals surface area contributed by atoms with E-state index in [1.807, 2.05) is 13.8 Å². The van der Waals surface area contributed by atoms with Gasteiger partial charge in [-0.05, 0) is 12.8 Å². The molecule has 0 aromatic carbocycles. The molecule has 7 nitrogen and oxygen atoms in total. The first-order valence-corrected chi connectivity index (χ1v) is 6.46. The van der Waals surface area contributed by atoms with Crippen molar-refractivity contribution in [2.24, 2.45) is 0 Å². The Labute approximate surface area is 111 Å². The van der Waals surface area contributed by atoms with Gasteiger partial charge in [0.25, 0.3) is 0 Å². The second kappa shape index (κ2) is 5.40. The predicted molar refractivity (Wildman–Crippen MR) is 75.3 cm³/mol. The van der Waals surface area contributed by atoms with E-state index in [1.165, 1.54) is 0 Å². The number of aliphatic hydroxyl groups is 1. The molecule has 0 spiro atoms. The zero-order valence-electron chi connectivity index (χ0n) is 11.5. The molecule has 2 aromatic rings. The van der Waals surface area contributed by atoms with E-state index >= 15 is 0 Å². The summed E-state index contributed by atoms with van der Waals surface area (Å²) in [5.41, 5.74) is 0.296. The van der Waals surface area contributed by atoms with Crippen molar-refractivity contribution in [2.45, 2.75) is 32.2 Å². The van der Waals surface area contributed by atoms with Crippen LogP contribution >= 0.6 is 0 Å². The number of aromatic nitrogens is 4. The lowest BCUT2D eigenvalue weighted by molar-refractivity contribution is 0.202. The fraction of sp³-hybridized carbons (Fsp3) is 0.583. The molecule has 0 saturated carbocycles. The van der Waals surface area contributed by atoms with Gasteiger partial charge in [0.05, 0.1) is 23.7 Å². The molecule has 19 heavy (non-hydrogen) atoms. The van der Waals surface area contributed by atoms with Crippen LogP contribution in [0.4, 0.5) is 11.8 Å². The molecule has 0 bridgehead atoms. The Morgan fingerprint density at radius 1 is 1.32 bits per heavy atom. The van der Waals surface area contributed by atoms with Gasteiger partial charge in [-0.3, -0.25) is 5.10 Å². The number of nitrogens with one attached hydrogen (secondary N) is 3. The quantitative estimate of drug-likeness (QED) is 0.629. The molecular weight excluding hydrogens is 244 g/mol. The zero-order chi connectivity index (χ0) is 13.9. The molecule has 0 aliphatic heterocycles. The van der Waals surface area contributed by atoms with Crippen molar-refractivity contribution in [3.63, 3.8) is 0 Å². The highest BCUT2D eigenvalue weighted by Crippen LogP contribution is 2.26. The van der Waals surface area contributed by atoms with Crippen LogP contribution < -0.4 is 10.6 Å². The van der Waals surface area contributed by atoms with Crippen LogP contribution in [0, 0.1) is 0 Å². The molecule has 0 radical (unpaired) electrons. The number of hydrogen-bond donors (Lipinski definition) is 4. The molecule has 0 unspecified atom stereocenters. The Morgan fingerprint density at radius 3 is 2.63 bits per heavy atom. The molecule has 0 fully saturated rings. The maximum atomic E-state index is 9.64. The summed E-state index contributed by atoms with van der Waals surface area (Å²) in [6, 6.07) is 0. The second-order valence-electron chi connectivity index (χ2n) is 4.55. The summed E-state index contributed by atoms with van der Waals surface area (Å²) < 4.78 is 0. The molecule has 4 N–H and O–H groups in total. The van der Waals surface area contributed by atoms with Gasteiger partial charge in [-0.25, -0.2) is 0 Å². The predicted octanol–water partition coefficient (Wildman–Crippen LogP) is 1.36. The molecule has 0 amide bonds. The monoisotopic (exact) mass is 264 g/mol. The summed E-state index contributed by atoms with van der Waals surface area (Å²) in [6.07, 6.45) is 3.29. The van der Waals surface area contributed by atoms with Gasteiger partial charge in [-0.2, -0.15) is 15.1 Å². The van der Waals surface area contributed by atoms with E-state index in [9.17, 15) is 5.11 Å². The first-order valence-electron chi connectivity index (χ1n) is 6.46. The Balaban J connectivity index is 2.46. The number of H-pyrrole nitrogens is 1. The number of anilines is 2. The minimum atomic E-state index is -0.371. The molecule has 2 aromatic heterocycles. The Bertz CT molecular complexity index is 540. The van der Waals surface area contributed by atoms with Gasteiger partial charge in [0.2, 0.25) is 5.95 Å². The molecule has 0 aliphatic rings. The standard InChI is InChI=1S/C12H20N6O/c1-4-12(5-2,7-19)17-9-8-6-14-18-10(8)16-11(13-3)15-9/h6,19H,4-5,7H2,1-3H3,(H3,13,14,15,16,17,18). The highest BCUT2D eigenvalue weighted by molar-refractivity contribution is 5.87. The topological polar surface area (TPSA) is 98.7 Å². The van der Waals surface area contributed by atoms with Gasteiger partial charge in [0.1, 0.15) is 5.82 Å². The van der Waals surface area contributed by atoms with Gasteiger partial charge >= 0.3 is 0 Å². The lowest BCUT2D eigenvalue weighted by Crippen LogP contribution is -2.41. The van der Waals surface area contributed by atoms with Gasteiger partial charge < -0.3 is 15.7 Å². The van der Waals surface area contributed by atoms with Crippen LogP contribution in [0.2, 0.25) is 0 Å². The zero-order valence-corrected chi connectivity index (χ0v) is 11.5. The number of aliphatic hydroxyl groups excluding tert-OH is 1. The minimum Gasteiger partial charge on any atom is -0.394 e. The number of hydrogen-bond acceptors (Lipinski definition) is 6. The summed E-state index contributed by atoms with van der Waals surface area (Å²) in [6.45, 7) is 4.14. The van der Waals surface area contributed by atoms with Crippen LogP contribution in [0.1, 0.15) is 26.7 Å². The van der Waals surface area contributed by atoms with E-state index < -0.39 is 0 Å². The van der Waals surface area contributed by atoms with E-state index in [2.05, 4.69) is 30.8 Å². The molecule has 0 saturated heterocycles. The van der Waals surface area contributed by atoms with Crippen molar-refractivity contribution in [1.82, 2.24) is 20.2 Å². The van der Waals surface area contributed by atoms with E-state index in [0.29, 0.717) is 17.4 Å². The van der Waals surface area contributed by atoms with Gasteiger partial charge in [-0.1, -0.05) is 13.8 Å². The normalized spacial score (nSPS) is 11.8. The first-order chi connectivity index (χ1) is 9.18. The van der Waals surface area contributed by atoms with Crippen molar-refractivity contribution in [3.05, 3.63) is 6.20 Å². The number of nitrogens with zero attached hydrogens (tertiary/aromatic N) is 3. The highest BCUT2D eigenvalue weighted by atomic mass is 16.3. The lowest BCUT2D eigenvalue weighted by atomic mass is 9.94. The van der Waals surface area contributed by atoms with Gasteiger partial charge in [0, 0.05) is 7.05 Å². The fourth-order valence-electron chi connectivity index (χ4n) is 1.98. The van der Waals surface area contributed by atoms with Crippen LogP contribution in [0.5, 0.6) is 0 Å². The van der Waals surface area contributed by atoms with Crippen molar-refractivity contribution < 1.29 is 5.11 Å². The molecule has 7 heteroatoms. The van der Waals surface area contributed by atoms with Gasteiger partial charge in [-0.15, -0.1) is 0 Å². The van der Waals surface area contributed by atoms with Crippen molar-refractivity contribution in [2.75, 3.05) is 24.3 Å². The third-order valence-corrected chi connectivity index (χ3v) is 3.57. The summed E-state index contributed by atoms with van der Waals surface area (Å²) >= 11 is 0. The molecule has 2 rings (SSSR count). The molecule has 2 heterocycles. The second-order valence-corrected chi connectivity index (χ2v) is 4.55. The summed E-state index contributed by atoms with van der Waals surface area (Å²) in [7, 11) is 1.76. The van der Waals surface area contributed by atoms with E-state index in [0.717, 1.165) is 18.2 Å². The highest BCUT2D eigenvalue weighted by Gasteiger charge is 2.26. The van der Waals surface area contributed by atoms with Crippen molar-refractivity contribution in [1.29, 1.82) is 0 Å².